The van der Waals surface area contributed by atoms with E-state index in [1.807, 2.05) is 12.1 Å². The van der Waals surface area contributed by atoms with E-state index >= 15 is 0 Å². The third-order valence-corrected chi connectivity index (χ3v) is 4.51. The van der Waals surface area contributed by atoms with E-state index in [0.717, 1.165) is 8.66 Å². The lowest BCUT2D eigenvalue weighted by atomic mass is 10.2. The van der Waals surface area contributed by atoms with Crippen LogP contribution in [0, 0.1) is 10.1 Å². The van der Waals surface area contributed by atoms with E-state index in [1.54, 1.807) is 41.5 Å². The molecule has 1 heterocycles. The number of nitro benzene ring substituents is 1. The summed E-state index contributed by atoms with van der Waals surface area (Å²) < 4.78 is 1.02. The summed E-state index contributed by atoms with van der Waals surface area (Å²) in [7, 11) is 1.72. The highest BCUT2D eigenvalue weighted by Gasteiger charge is 2.08. The Kier molecular flexibility index (Phi) is 5.46. The lowest BCUT2D eigenvalue weighted by Gasteiger charge is -2.13. The van der Waals surface area contributed by atoms with Gasteiger partial charge in [0, 0.05) is 30.1 Å². The minimum Gasteiger partial charge on any atom is -0.337 e. The van der Waals surface area contributed by atoms with Crippen LogP contribution >= 0.6 is 27.3 Å². The molecule has 0 aliphatic carbocycles. The highest BCUT2D eigenvalue weighted by molar-refractivity contribution is 9.11. The number of nitro groups is 1. The molecule has 0 fully saturated rings. The van der Waals surface area contributed by atoms with E-state index in [4.69, 9.17) is 0 Å². The summed E-state index contributed by atoms with van der Waals surface area (Å²) in [6, 6.07) is 10.1. The van der Waals surface area contributed by atoms with Crippen LogP contribution < -0.4 is 0 Å². The third-order valence-electron chi connectivity index (χ3n) is 2.90. The van der Waals surface area contributed by atoms with Gasteiger partial charge in [-0.3, -0.25) is 14.9 Å². The summed E-state index contributed by atoms with van der Waals surface area (Å²) in [6.07, 6.45) is 3.00. The maximum atomic E-state index is 12.0. The summed E-state index contributed by atoms with van der Waals surface area (Å²) in [5.41, 5.74) is 0.626. The number of carbonyl (C=O) groups excluding carboxylic acids is 1. The largest absolute Gasteiger partial charge is 0.337 e. The zero-order valence-electron chi connectivity index (χ0n) is 11.7. The van der Waals surface area contributed by atoms with Crippen molar-refractivity contribution >= 4 is 44.9 Å². The van der Waals surface area contributed by atoms with Crippen LogP contribution in [0.25, 0.3) is 6.08 Å². The van der Waals surface area contributed by atoms with Crippen LogP contribution in [0.4, 0.5) is 5.69 Å². The predicted molar refractivity (Wildman–Crippen MR) is 90.6 cm³/mol. The molecule has 0 atom stereocenters. The van der Waals surface area contributed by atoms with E-state index in [2.05, 4.69) is 15.9 Å². The summed E-state index contributed by atoms with van der Waals surface area (Å²) in [5.74, 6) is -0.156. The Balaban J connectivity index is 2.01. The first-order valence-electron chi connectivity index (χ1n) is 6.37. The lowest BCUT2D eigenvalue weighted by Crippen LogP contribution is -2.23. The summed E-state index contributed by atoms with van der Waals surface area (Å²) in [6.45, 7) is 0.522. The van der Waals surface area contributed by atoms with Crippen LogP contribution in [0.1, 0.15) is 10.4 Å². The van der Waals surface area contributed by atoms with Gasteiger partial charge in [-0.2, -0.15) is 0 Å². The number of thiophene rings is 1. The van der Waals surface area contributed by atoms with E-state index in [1.165, 1.54) is 18.2 Å². The molecule has 1 aromatic heterocycles. The van der Waals surface area contributed by atoms with Gasteiger partial charge < -0.3 is 4.90 Å². The second-order valence-corrected chi connectivity index (χ2v) is 7.13. The Morgan fingerprint density at radius 2 is 2.18 bits per heavy atom. The average Bonchev–Trinajstić information content (AvgIpc) is 2.90. The van der Waals surface area contributed by atoms with Crippen LogP contribution in [-0.2, 0) is 11.3 Å². The molecule has 0 aliphatic rings. The second kappa shape index (κ2) is 7.33. The number of carbonyl (C=O) groups is 1. The number of rotatable bonds is 5. The molecule has 0 saturated heterocycles. The Hall–Kier alpha value is -1.99. The molecule has 22 heavy (non-hydrogen) atoms. The number of hydrogen-bond donors (Lipinski definition) is 0. The van der Waals surface area contributed by atoms with E-state index in [0.29, 0.717) is 12.1 Å². The molecule has 0 spiro atoms. The SMILES string of the molecule is CN(Cc1ccc(Br)s1)C(=O)/C=C/c1cccc([N+](=O)[O-])c1. The zero-order valence-corrected chi connectivity index (χ0v) is 14.1. The number of likely N-dealkylation sites (N-methyl/N-ethyl adjacent to an activating group) is 1. The van der Waals surface area contributed by atoms with Gasteiger partial charge in [0.25, 0.3) is 5.69 Å². The highest BCUT2D eigenvalue weighted by atomic mass is 79.9. The van der Waals surface area contributed by atoms with Gasteiger partial charge in [-0.05, 0) is 39.7 Å². The fourth-order valence-electron chi connectivity index (χ4n) is 1.79. The molecule has 2 rings (SSSR count). The monoisotopic (exact) mass is 380 g/mol. The molecule has 0 bridgehead atoms. The van der Waals surface area contributed by atoms with Gasteiger partial charge in [0.05, 0.1) is 15.3 Å². The molecule has 2 aromatic rings. The highest BCUT2D eigenvalue weighted by Crippen LogP contribution is 2.23. The molecule has 1 amide bonds. The Morgan fingerprint density at radius 1 is 1.41 bits per heavy atom. The molecule has 5 nitrogen and oxygen atoms in total. The molecule has 114 valence electrons. The maximum absolute atomic E-state index is 12.0. The Labute approximate surface area is 140 Å². The van der Waals surface area contributed by atoms with Crippen LogP contribution in [0.5, 0.6) is 0 Å². The average molecular weight is 381 g/mol. The van der Waals surface area contributed by atoms with Gasteiger partial charge in [-0.15, -0.1) is 11.3 Å². The van der Waals surface area contributed by atoms with E-state index < -0.39 is 4.92 Å². The fraction of sp³-hybridized carbons (Fsp3) is 0.133. The van der Waals surface area contributed by atoms with Gasteiger partial charge in [-0.1, -0.05) is 12.1 Å². The first kappa shape index (κ1) is 16.4. The zero-order chi connectivity index (χ0) is 16.1. The van der Waals surface area contributed by atoms with Crippen molar-refractivity contribution in [1.82, 2.24) is 4.90 Å². The molecule has 0 saturated carbocycles. The van der Waals surface area contributed by atoms with Crippen LogP contribution in [0.2, 0.25) is 0 Å². The van der Waals surface area contributed by atoms with E-state index in [9.17, 15) is 14.9 Å². The minimum atomic E-state index is -0.458. The van der Waals surface area contributed by atoms with Crippen molar-refractivity contribution in [2.75, 3.05) is 7.05 Å². The standard InChI is InChI=1S/C15H13BrN2O3S/c1-17(10-13-6-7-14(16)22-13)15(19)8-5-11-3-2-4-12(9-11)18(20)21/h2-9H,10H2,1H3/b8-5+. The van der Waals surface area contributed by atoms with Crippen LogP contribution in [0.3, 0.4) is 0 Å². The number of nitrogens with zero attached hydrogens (tertiary/aromatic N) is 2. The van der Waals surface area contributed by atoms with Crippen LogP contribution in [0.15, 0.2) is 46.3 Å². The Morgan fingerprint density at radius 3 is 2.82 bits per heavy atom. The van der Waals surface area contributed by atoms with Crippen molar-refractivity contribution in [1.29, 1.82) is 0 Å². The molecule has 0 unspecified atom stereocenters. The summed E-state index contributed by atoms with van der Waals surface area (Å²) in [5, 5.41) is 10.7. The molecule has 7 heteroatoms. The van der Waals surface area contributed by atoms with Crippen molar-refractivity contribution in [3.8, 4) is 0 Å². The molecular weight excluding hydrogens is 368 g/mol. The smallest absolute Gasteiger partial charge is 0.270 e. The predicted octanol–water partition coefficient (Wildman–Crippen LogP) is 4.09. The number of halogens is 1. The first-order chi connectivity index (χ1) is 10.5. The van der Waals surface area contributed by atoms with E-state index in [-0.39, 0.29) is 11.6 Å². The van der Waals surface area contributed by atoms with Gasteiger partial charge >= 0.3 is 0 Å². The fourth-order valence-corrected chi connectivity index (χ4v) is 3.32. The topological polar surface area (TPSA) is 63.5 Å². The van der Waals surface area contributed by atoms with Crippen LogP contribution in [-0.4, -0.2) is 22.8 Å². The number of non-ortho nitro benzene ring substituents is 1. The van der Waals surface area contributed by atoms with Crippen molar-refractivity contribution in [3.05, 3.63) is 66.8 Å². The number of amides is 1. The van der Waals surface area contributed by atoms with Crippen molar-refractivity contribution in [2.24, 2.45) is 0 Å². The molecule has 1 aromatic carbocycles. The number of hydrogen-bond acceptors (Lipinski definition) is 4. The summed E-state index contributed by atoms with van der Waals surface area (Å²) >= 11 is 4.96. The molecular formula is C15H13BrN2O3S. The molecule has 0 aliphatic heterocycles. The van der Waals surface area contributed by atoms with Crippen molar-refractivity contribution in [2.45, 2.75) is 6.54 Å². The molecule has 0 radical (unpaired) electrons. The minimum absolute atomic E-state index is 0.00592. The van der Waals surface area contributed by atoms with Gasteiger partial charge in [0.2, 0.25) is 5.91 Å². The normalized spacial score (nSPS) is 10.8. The Bertz CT molecular complexity index is 727. The summed E-state index contributed by atoms with van der Waals surface area (Å²) in [4.78, 5) is 25.0. The van der Waals surface area contributed by atoms with Gasteiger partial charge in [-0.25, -0.2) is 0 Å². The maximum Gasteiger partial charge on any atom is 0.270 e. The number of benzene rings is 1. The second-order valence-electron chi connectivity index (χ2n) is 4.59. The lowest BCUT2D eigenvalue weighted by molar-refractivity contribution is -0.384. The first-order valence-corrected chi connectivity index (χ1v) is 7.98. The molecule has 0 N–H and O–H groups in total. The van der Waals surface area contributed by atoms with Crippen molar-refractivity contribution < 1.29 is 9.72 Å². The van der Waals surface area contributed by atoms with Gasteiger partial charge in [0.15, 0.2) is 0 Å². The third kappa shape index (κ3) is 4.51. The van der Waals surface area contributed by atoms with Crippen molar-refractivity contribution in [3.63, 3.8) is 0 Å². The van der Waals surface area contributed by atoms with Gasteiger partial charge in [0.1, 0.15) is 0 Å². The quantitative estimate of drug-likeness (QED) is 0.445.